The van der Waals surface area contributed by atoms with Crippen LogP contribution in [0.3, 0.4) is 0 Å². The zero-order valence-corrected chi connectivity index (χ0v) is 44.4. The number of nitrogens with one attached hydrogen (secondary N) is 1. The van der Waals surface area contributed by atoms with Gasteiger partial charge in [0, 0.05) is 0 Å². The lowest BCUT2D eigenvalue weighted by Gasteiger charge is -2.40. The molecule has 1 aliphatic rings. The van der Waals surface area contributed by atoms with Gasteiger partial charge in [-0.15, -0.1) is 0 Å². The number of aliphatic hydroxyl groups excluding tert-OH is 6. The van der Waals surface area contributed by atoms with Gasteiger partial charge >= 0.3 is 0 Å². The third-order valence-electron chi connectivity index (χ3n) is 13.7. The van der Waals surface area contributed by atoms with Crippen LogP contribution in [0.5, 0.6) is 0 Å². The molecule has 8 atom stereocenters. The number of hydrogen-bond acceptors (Lipinski definition) is 9. The largest absolute Gasteiger partial charge is 0.394 e. The molecule has 0 aliphatic carbocycles. The Kier molecular flexibility index (Phi) is 45.7. The van der Waals surface area contributed by atoms with E-state index in [0.29, 0.717) is 19.3 Å². The Hall–Kier alpha value is -1.89. The second-order valence-corrected chi connectivity index (χ2v) is 20.2. The lowest BCUT2D eigenvalue weighted by molar-refractivity contribution is -0.302. The quantitative estimate of drug-likeness (QED) is 0.0232. The molecule has 0 bridgehead atoms. The monoisotopic (exact) mass is 976 g/mol. The highest BCUT2D eigenvalue weighted by Gasteiger charge is 2.44. The molecule has 0 saturated carbocycles. The second-order valence-electron chi connectivity index (χ2n) is 20.2. The summed E-state index contributed by atoms with van der Waals surface area (Å²) < 4.78 is 11.2. The Balaban J connectivity index is 2.21. The topological polar surface area (TPSA) is 169 Å². The van der Waals surface area contributed by atoms with Gasteiger partial charge in [-0.3, -0.25) is 4.79 Å². The van der Waals surface area contributed by atoms with Crippen molar-refractivity contribution >= 4 is 5.91 Å². The maximum Gasteiger partial charge on any atom is 0.249 e. The SMILES string of the molecule is CCCCCC/C=C/CC/C=C/CC/C=C/C(O)C(COC1OC(CO)C(O)C(O)C1O)NC(=O)C(O)CCCCCCCCCCCCCCCC/C=C\CCCCCCCCCCCCCC. The summed E-state index contributed by atoms with van der Waals surface area (Å²) in [5.41, 5.74) is 0. The molecular weight excluding hydrogens is 867 g/mol. The number of aliphatic hydroxyl groups is 6. The minimum Gasteiger partial charge on any atom is -0.394 e. The van der Waals surface area contributed by atoms with Crippen LogP contribution < -0.4 is 5.32 Å². The van der Waals surface area contributed by atoms with Crippen LogP contribution in [0.4, 0.5) is 0 Å². The first-order valence-corrected chi connectivity index (χ1v) is 29.0. The predicted molar refractivity (Wildman–Crippen MR) is 287 cm³/mol. The zero-order valence-electron chi connectivity index (χ0n) is 44.4. The lowest BCUT2D eigenvalue weighted by Crippen LogP contribution is -2.60. The van der Waals surface area contributed by atoms with Crippen LogP contribution in [0.1, 0.15) is 258 Å². The van der Waals surface area contributed by atoms with Crippen molar-refractivity contribution in [2.75, 3.05) is 13.2 Å². The van der Waals surface area contributed by atoms with Gasteiger partial charge in [-0.25, -0.2) is 0 Å². The van der Waals surface area contributed by atoms with E-state index in [0.717, 1.165) is 44.9 Å². The van der Waals surface area contributed by atoms with Gasteiger partial charge in [0.1, 0.15) is 30.5 Å². The minimum atomic E-state index is -1.62. The Labute approximate surface area is 423 Å². The average Bonchev–Trinajstić information content (AvgIpc) is 3.35. The number of hydrogen-bond donors (Lipinski definition) is 7. The molecule has 0 aromatic heterocycles. The third kappa shape index (κ3) is 37.5. The number of allylic oxidation sites excluding steroid dienone is 7. The van der Waals surface area contributed by atoms with E-state index in [9.17, 15) is 35.4 Å². The summed E-state index contributed by atoms with van der Waals surface area (Å²) in [6, 6.07) is -1.00. The molecule has 0 aromatic carbocycles. The first-order valence-electron chi connectivity index (χ1n) is 29.0. The summed E-state index contributed by atoms with van der Waals surface area (Å²) >= 11 is 0. The molecule has 1 amide bonds. The fourth-order valence-corrected chi connectivity index (χ4v) is 9.01. The highest BCUT2D eigenvalue weighted by Crippen LogP contribution is 2.23. The molecule has 1 fully saturated rings. The fourth-order valence-electron chi connectivity index (χ4n) is 9.01. The van der Waals surface area contributed by atoms with E-state index in [1.807, 2.05) is 6.08 Å². The summed E-state index contributed by atoms with van der Waals surface area (Å²) in [4.78, 5) is 13.1. The third-order valence-corrected chi connectivity index (χ3v) is 13.7. The molecule has 10 nitrogen and oxygen atoms in total. The molecule has 404 valence electrons. The molecule has 8 unspecified atom stereocenters. The van der Waals surface area contributed by atoms with Crippen molar-refractivity contribution in [1.82, 2.24) is 5.32 Å². The lowest BCUT2D eigenvalue weighted by atomic mass is 9.99. The van der Waals surface area contributed by atoms with Crippen LogP contribution in [0.15, 0.2) is 48.6 Å². The van der Waals surface area contributed by atoms with E-state index in [-0.39, 0.29) is 6.61 Å². The van der Waals surface area contributed by atoms with E-state index >= 15 is 0 Å². The zero-order chi connectivity index (χ0) is 50.3. The predicted octanol–water partition coefficient (Wildman–Crippen LogP) is 13.1. The number of unbranched alkanes of at least 4 members (excludes halogenated alkanes) is 32. The fraction of sp³-hybridized carbons (Fsp3) is 0.847. The number of amides is 1. The van der Waals surface area contributed by atoms with Gasteiger partial charge < -0.3 is 45.4 Å². The molecule has 69 heavy (non-hydrogen) atoms. The summed E-state index contributed by atoms with van der Waals surface area (Å²) in [7, 11) is 0. The van der Waals surface area contributed by atoms with Crippen molar-refractivity contribution in [1.29, 1.82) is 0 Å². The first kappa shape index (κ1) is 65.1. The maximum absolute atomic E-state index is 13.1. The molecule has 0 spiro atoms. The Bertz CT molecular complexity index is 1240. The molecule has 0 aromatic rings. The highest BCUT2D eigenvalue weighted by atomic mass is 16.7. The standard InChI is InChI=1S/C59H109NO9/c1-3-5-7-9-11-13-15-17-19-20-21-22-23-24-25-26-27-28-29-30-31-32-33-34-36-38-40-42-44-46-48-53(63)58(67)60-51(50-68-59-57(66)56(65)55(64)54(49-61)69-59)52(62)47-45-43-41-39-37-35-18-16-14-12-10-8-6-4-2/h14,16,24-25,37,39,45,47,51-57,59,61-66H,3-13,15,17-23,26-36,38,40-44,46,48-50H2,1-2H3,(H,60,67)/b16-14+,25-24-,39-37+,47-45+. The maximum atomic E-state index is 13.1. The normalized spacial score (nSPS) is 20.3. The van der Waals surface area contributed by atoms with Crippen LogP contribution in [0.2, 0.25) is 0 Å². The van der Waals surface area contributed by atoms with Gasteiger partial charge in [-0.05, 0) is 70.6 Å². The van der Waals surface area contributed by atoms with Gasteiger partial charge in [-0.2, -0.15) is 0 Å². The molecule has 0 radical (unpaired) electrons. The van der Waals surface area contributed by atoms with E-state index < -0.39 is 61.5 Å². The Morgan fingerprint density at radius 2 is 0.855 bits per heavy atom. The van der Waals surface area contributed by atoms with Gasteiger partial charge in [0.05, 0.1) is 25.4 Å². The summed E-state index contributed by atoms with van der Waals surface area (Å²) in [5, 5.41) is 64.9. The van der Waals surface area contributed by atoms with E-state index in [1.54, 1.807) is 6.08 Å². The Morgan fingerprint density at radius 3 is 1.28 bits per heavy atom. The van der Waals surface area contributed by atoms with Crippen molar-refractivity contribution in [3.8, 4) is 0 Å². The van der Waals surface area contributed by atoms with Crippen LogP contribution in [-0.4, -0.2) is 98.7 Å². The number of carbonyl (C=O) groups is 1. The molecule has 10 heteroatoms. The van der Waals surface area contributed by atoms with Gasteiger partial charge in [0.2, 0.25) is 5.91 Å². The molecule has 1 heterocycles. The van der Waals surface area contributed by atoms with E-state index in [1.165, 1.54) is 180 Å². The van der Waals surface area contributed by atoms with Crippen LogP contribution >= 0.6 is 0 Å². The summed E-state index contributed by atoms with van der Waals surface area (Å²) in [5.74, 6) is -0.629. The van der Waals surface area contributed by atoms with Crippen molar-refractivity contribution in [2.45, 2.75) is 307 Å². The summed E-state index contributed by atoms with van der Waals surface area (Å²) in [6.45, 7) is 3.58. The van der Waals surface area contributed by atoms with Crippen molar-refractivity contribution < 1.29 is 44.9 Å². The van der Waals surface area contributed by atoms with Crippen LogP contribution in [0, 0.1) is 0 Å². The first-order chi connectivity index (χ1) is 33.8. The average molecular weight is 977 g/mol. The molecule has 1 saturated heterocycles. The number of carbonyl (C=O) groups excluding carboxylic acids is 1. The molecule has 1 rings (SSSR count). The van der Waals surface area contributed by atoms with Crippen molar-refractivity contribution in [3.05, 3.63) is 48.6 Å². The molecule has 1 aliphatic heterocycles. The summed E-state index contributed by atoms with van der Waals surface area (Å²) in [6.07, 6.45) is 53.7. The van der Waals surface area contributed by atoms with Crippen molar-refractivity contribution in [3.63, 3.8) is 0 Å². The number of rotatable bonds is 49. The second kappa shape index (κ2) is 48.4. The van der Waals surface area contributed by atoms with Gasteiger partial charge in [-0.1, -0.05) is 236 Å². The van der Waals surface area contributed by atoms with E-state index in [2.05, 4.69) is 55.6 Å². The smallest absolute Gasteiger partial charge is 0.249 e. The minimum absolute atomic E-state index is 0.301. The highest BCUT2D eigenvalue weighted by molar-refractivity contribution is 5.80. The van der Waals surface area contributed by atoms with Crippen LogP contribution in [-0.2, 0) is 14.3 Å². The van der Waals surface area contributed by atoms with Gasteiger partial charge in [0.25, 0.3) is 0 Å². The van der Waals surface area contributed by atoms with E-state index in [4.69, 9.17) is 9.47 Å². The Morgan fingerprint density at radius 1 is 0.493 bits per heavy atom. The molecular formula is C59H109NO9. The van der Waals surface area contributed by atoms with Crippen LogP contribution in [0.25, 0.3) is 0 Å². The van der Waals surface area contributed by atoms with Gasteiger partial charge in [0.15, 0.2) is 6.29 Å². The van der Waals surface area contributed by atoms with Crippen molar-refractivity contribution in [2.24, 2.45) is 0 Å². The number of ether oxygens (including phenoxy) is 2. The molecule has 7 N–H and O–H groups in total.